The third-order valence-electron chi connectivity index (χ3n) is 2.08. The van der Waals surface area contributed by atoms with Gasteiger partial charge in [0.1, 0.15) is 0 Å². The molecule has 108 valence electrons. The summed E-state index contributed by atoms with van der Waals surface area (Å²) in [5, 5.41) is -0.0666. The average Bonchev–Trinajstić information content (AvgIpc) is 2.17. The van der Waals surface area contributed by atoms with E-state index in [1.54, 1.807) is 0 Å². The van der Waals surface area contributed by atoms with E-state index in [0.717, 1.165) is 0 Å². The summed E-state index contributed by atoms with van der Waals surface area (Å²) >= 11 is 5.62. The van der Waals surface area contributed by atoms with Crippen LogP contribution in [-0.2, 0) is 11.3 Å². The summed E-state index contributed by atoms with van der Waals surface area (Å²) in [6.07, 6.45) is -14.9. The van der Waals surface area contributed by atoms with Gasteiger partial charge in [-0.1, -0.05) is 17.7 Å². The first-order chi connectivity index (χ1) is 8.51. The second-order valence-electron chi connectivity index (χ2n) is 3.63. The summed E-state index contributed by atoms with van der Waals surface area (Å²) in [4.78, 5) is 0. The van der Waals surface area contributed by atoms with E-state index in [9.17, 15) is 26.3 Å². The maximum absolute atomic E-state index is 12.2. The fourth-order valence-corrected chi connectivity index (χ4v) is 1.47. The van der Waals surface area contributed by atoms with Gasteiger partial charge in [0.15, 0.2) is 0 Å². The van der Waals surface area contributed by atoms with Crippen molar-refractivity contribution in [3.8, 4) is 0 Å². The molecule has 0 saturated carbocycles. The fourth-order valence-electron chi connectivity index (χ4n) is 1.23. The third kappa shape index (κ3) is 4.46. The van der Waals surface area contributed by atoms with Crippen LogP contribution < -0.4 is 5.73 Å². The van der Waals surface area contributed by atoms with E-state index in [1.165, 1.54) is 18.2 Å². The number of hydrogen-bond donors (Lipinski definition) is 1. The maximum Gasteiger partial charge on any atom is 0.423 e. The van der Waals surface area contributed by atoms with Crippen molar-refractivity contribution in [1.29, 1.82) is 0 Å². The van der Waals surface area contributed by atoms with Gasteiger partial charge in [-0.3, -0.25) is 0 Å². The second kappa shape index (κ2) is 5.46. The van der Waals surface area contributed by atoms with Crippen LogP contribution in [0.25, 0.3) is 0 Å². The van der Waals surface area contributed by atoms with E-state index in [4.69, 9.17) is 17.3 Å². The van der Waals surface area contributed by atoms with Crippen molar-refractivity contribution in [1.82, 2.24) is 0 Å². The summed E-state index contributed by atoms with van der Waals surface area (Å²) in [7, 11) is 0. The van der Waals surface area contributed by atoms with Crippen molar-refractivity contribution < 1.29 is 31.1 Å². The monoisotopic (exact) mass is 307 g/mol. The van der Waals surface area contributed by atoms with Gasteiger partial charge in [-0.2, -0.15) is 26.3 Å². The summed E-state index contributed by atoms with van der Waals surface area (Å²) in [5.41, 5.74) is 5.55. The van der Waals surface area contributed by atoms with Gasteiger partial charge >= 0.3 is 12.4 Å². The number of halogens is 7. The maximum atomic E-state index is 12.2. The van der Waals surface area contributed by atoms with E-state index in [2.05, 4.69) is 4.74 Å². The highest BCUT2D eigenvalue weighted by Gasteiger charge is 2.57. The van der Waals surface area contributed by atoms with Gasteiger partial charge in [-0.15, -0.1) is 0 Å². The number of alkyl halides is 6. The molecule has 0 spiro atoms. The summed E-state index contributed by atoms with van der Waals surface area (Å²) in [6.45, 7) is -0.928. The lowest BCUT2D eigenvalue weighted by molar-refractivity contribution is -0.324. The molecule has 0 fully saturated rings. The number of nitrogens with two attached hydrogens (primary N) is 1. The van der Waals surface area contributed by atoms with Crippen molar-refractivity contribution in [3.63, 3.8) is 0 Å². The fraction of sp³-hybridized carbons (Fsp3) is 0.400. The van der Waals surface area contributed by atoms with E-state index in [-0.39, 0.29) is 16.3 Å². The molecule has 9 heteroatoms. The Morgan fingerprint density at radius 2 is 1.63 bits per heavy atom. The molecular weight excluding hydrogens is 300 g/mol. The Kier molecular flexibility index (Phi) is 4.57. The van der Waals surface area contributed by atoms with Gasteiger partial charge in [-0.05, 0) is 17.7 Å². The molecule has 0 aromatic heterocycles. The lowest BCUT2D eigenvalue weighted by atomic mass is 10.2. The Morgan fingerprint density at radius 3 is 2.05 bits per heavy atom. The SMILES string of the molecule is Nc1ccc(COC(C(F)(F)F)C(F)(F)F)c(Cl)c1. The average molecular weight is 308 g/mol. The van der Waals surface area contributed by atoms with Crippen LogP contribution in [0, 0.1) is 0 Å². The molecule has 0 aliphatic rings. The van der Waals surface area contributed by atoms with E-state index < -0.39 is 25.1 Å². The van der Waals surface area contributed by atoms with Crippen molar-refractivity contribution >= 4 is 17.3 Å². The molecule has 19 heavy (non-hydrogen) atoms. The lowest BCUT2D eigenvalue weighted by Crippen LogP contribution is -2.44. The number of hydrogen-bond acceptors (Lipinski definition) is 2. The number of nitrogen functional groups attached to an aromatic ring is 1. The molecule has 0 radical (unpaired) electrons. The topological polar surface area (TPSA) is 35.2 Å². The van der Waals surface area contributed by atoms with Gasteiger partial charge in [0, 0.05) is 10.7 Å². The summed E-state index contributed by atoms with van der Waals surface area (Å²) in [6, 6.07) is 3.69. The predicted molar refractivity (Wildman–Crippen MR) is 56.6 cm³/mol. The van der Waals surface area contributed by atoms with E-state index in [0.29, 0.717) is 0 Å². The molecule has 0 saturated heterocycles. The first-order valence-electron chi connectivity index (χ1n) is 4.80. The third-order valence-corrected chi connectivity index (χ3v) is 2.43. The first kappa shape index (κ1) is 15.9. The Labute approximate surface area is 109 Å². The largest absolute Gasteiger partial charge is 0.423 e. The molecule has 0 atom stereocenters. The highest BCUT2D eigenvalue weighted by atomic mass is 35.5. The Hall–Kier alpha value is -1.15. The minimum absolute atomic E-state index is 0.0191. The van der Waals surface area contributed by atoms with Crippen LogP contribution in [0.15, 0.2) is 18.2 Å². The highest BCUT2D eigenvalue weighted by molar-refractivity contribution is 6.31. The number of rotatable bonds is 3. The molecule has 1 rings (SSSR count). The van der Waals surface area contributed by atoms with Gasteiger partial charge in [0.05, 0.1) is 6.61 Å². The van der Waals surface area contributed by atoms with Crippen LogP contribution in [0.3, 0.4) is 0 Å². The minimum Gasteiger partial charge on any atom is -0.399 e. The van der Waals surface area contributed by atoms with Gasteiger partial charge < -0.3 is 10.5 Å². The van der Waals surface area contributed by atoms with Gasteiger partial charge in [0.25, 0.3) is 0 Å². The van der Waals surface area contributed by atoms with Crippen LogP contribution in [-0.4, -0.2) is 18.5 Å². The minimum atomic E-state index is -5.54. The predicted octanol–water partition coefficient (Wildman–Crippen LogP) is 3.93. The normalized spacial score (nSPS) is 13.1. The highest BCUT2D eigenvalue weighted by Crippen LogP contribution is 2.36. The van der Waals surface area contributed by atoms with Crippen molar-refractivity contribution in [2.24, 2.45) is 0 Å². The Morgan fingerprint density at radius 1 is 1.11 bits per heavy atom. The van der Waals surface area contributed by atoms with Gasteiger partial charge in [0.2, 0.25) is 6.10 Å². The van der Waals surface area contributed by atoms with Crippen molar-refractivity contribution in [3.05, 3.63) is 28.8 Å². The van der Waals surface area contributed by atoms with E-state index >= 15 is 0 Å². The Bertz CT molecular complexity index is 431. The molecule has 1 aromatic rings. The van der Waals surface area contributed by atoms with Crippen LogP contribution in [0.4, 0.5) is 32.0 Å². The molecule has 1 aromatic carbocycles. The van der Waals surface area contributed by atoms with Crippen molar-refractivity contribution in [2.45, 2.75) is 25.1 Å². The van der Waals surface area contributed by atoms with Crippen LogP contribution in [0.1, 0.15) is 5.56 Å². The summed E-state index contributed by atoms with van der Waals surface area (Å²) in [5.74, 6) is 0. The van der Waals surface area contributed by atoms with Crippen LogP contribution >= 0.6 is 11.6 Å². The zero-order chi connectivity index (χ0) is 14.8. The first-order valence-corrected chi connectivity index (χ1v) is 5.18. The lowest BCUT2D eigenvalue weighted by Gasteiger charge is -2.23. The quantitative estimate of drug-likeness (QED) is 0.678. The molecule has 0 amide bonds. The molecule has 0 aliphatic heterocycles. The van der Waals surface area contributed by atoms with E-state index in [1.807, 2.05) is 0 Å². The molecule has 2 N–H and O–H groups in total. The number of benzene rings is 1. The molecule has 2 nitrogen and oxygen atoms in total. The molecular formula is C10H8ClF6NO. The number of ether oxygens (including phenoxy) is 1. The molecule has 0 heterocycles. The standard InChI is InChI=1S/C10H8ClF6NO/c11-7-3-6(18)2-1-5(7)4-19-8(9(12,13)14)10(15,16)17/h1-3,8H,4,18H2. The summed E-state index contributed by atoms with van der Waals surface area (Å²) < 4.78 is 77.0. The zero-order valence-corrected chi connectivity index (χ0v) is 9.90. The molecule has 0 aliphatic carbocycles. The molecule has 0 bridgehead atoms. The van der Waals surface area contributed by atoms with Crippen molar-refractivity contribution in [2.75, 3.05) is 5.73 Å². The van der Waals surface area contributed by atoms with Gasteiger partial charge in [-0.25, -0.2) is 0 Å². The zero-order valence-electron chi connectivity index (χ0n) is 9.15. The van der Waals surface area contributed by atoms with Crippen LogP contribution in [0.5, 0.6) is 0 Å². The smallest absolute Gasteiger partial charge is 0.399 e. The van der Waals surface area contributed by atoms with Crippen LogP contribution in [0.2, 0.25) is 5.02 Å². The number of anilines is 1. The Balaban J connectivity index is 2.83. The molecule has 0 unspecified atom stereocenters. The second-order valence-corrected chi connectivity index (χ2v) is 4.03.